The van der Waals surface area contributed by atoms with Crippen molar-refractivity contribution in [2.24, 2.45) is 0 Å². The monoisotopic (exact) mass is 697 g/mol. The molecule has 6 heteroatoms. The minimum atomic E-state index is 0. The van der Waals surface area contributed by atoms with Crippen molar-refractivity contribution in [2.45, 2.75) is 0 Å². The first-order valence-corrected chi connectivity index (χ1v) is 0. The normalized spacial score (nSPS) is 0. The molecule has 0 aliphatic carbocycles. The molecule has 0 aromatic rings. The average molecular weight is 699 g/mol. The van der Waals surface area contributed by atoms with Crippen molar-refractivity contribution in [3.63, 3.8) is 0 Å². The van der Waals surface area contributed by atoms with Crippen LogP contribution >= 0.6 is 0 Å². The molecule has 0 aliphatic heterocycles. The molecule has 0 N–H and O–H groups in total. The van der Waals surface area contributed by atoms with E-state index in [9.17, 15) is 0 Å². The van der Waals surface area contributed by atoms with Crippen LogP contribution in [0.25, 0.3) is 0 Å². The van der Waals surface area contributed by atoms with Gasteiger partial charge in [-0.1, -0.05) is 0 Å². The summed E-state index contributed by atoms with van der Waals surface area (Å²) in [4.78, 5) is 0. The predicted octanol–water partition coefficient (Wildman–Crippen LogP) is -0.929. The standard InChI is InChI=1S/Ag.Au.Cu.Fe.Pb.Zn.2H. The summed E-state index contributed by atoms with van der Waals surface area (Å²) in [5.74, 6) is 0. The van der Waals surface area contributed by atoms with Crippen LogP contribution in [0.1, 0.15) is 0 Å². The third-order valence-corrected chi connectivity index (χ3v) is 0. The zero-order valence-electron chi connectivity index (χ0n) is 2.67. The maximum Gasteiger partial charge on any atom is 0 e. The molecule has 6 heavy (non-hydrogen) atoms. The van der Waals surface area contributed by atoms with E-state index in [1.165, 1.54) is 0 Å². The summed E-state index contributed by atoms with van der Waals surface area (Å²) in [6, 6.07) is 0. The van der Waals surface area contributed by atoms with E-state index in [0.717, 1.165) is 0 Å². The quantitative estimate of drug-likeness (QED) is 0.288. The van der Waals surface area contributed by atoms with E-state index >= 15 is 0 Å². The van der Waals surface area contributed by atoms with E-state index in [2.05, 4.69) is 0 Å². The second kappa shape index (κ2) is 35.7. The minimum Gasteiger partial charge on any atom is 0 e. The Morgan fingerprint density at radius 3 is 1.00 bits per heavy atom. The maximum absolute atomic E-state index is 0. The summed E-state index contributed by atoms with van der Waals surface area (Å²) < 4.78 is 0. The summed E-state index contributed by atoms with van der Waals surface area (Å²) in [5, 5.41) is 0. The zero-order valence-corrected chi connectivity index (χ0v) is 16.8. The van der Waals surface area contributed by atoms with E-state index in [1.807, 2.05) is 0 Å². The van der Waals surface area contributed by atoms with Crippen molar-refractivity contribution < 1.29 is 98.4 Å². The Labute approximate surface area is 123 Å². The topological polar surface area (TPSA) is 0 Å². The van der Waals surface area contributed by atoms with Crippen LogP contribution in [0.3, 0.4) is 0 Å². The number of rotatable bonds is 0. The second-order valence-electron chi connectivity index (χ2n) is 0. The molecule has 0 aromatic carbocycles. The van der Waals surface area contributed by atoms with Gasteiger partial charge in [-0.05, 0) is 0 Å². The van der Waals surface area contributed by atoms with Gasteiger partial charge in [0.2, 0.25) is 0 Å². The SMILES string of the molecule is [Ag].[Au].[Cu].[Fe].[PbH2].[Zn]. The molecule has 0 spiro atoms. The van der Waals surface area contributed by atoms with Crippen molar-refractivity contribution in [3.8, 4) is 0 Å². The Balaban J connectivity index is 0. The summed E-state index contributed by atoms with van der Waals surface area (Å²) in [6.45, 7) is 0. The van der Waals surface area contributed by atoms with E-state index in [1.54, 1.807) is 0 Å². The van der Waals surface area contributed by atoms with Crippen LogP contribution in [0.4, 0.5) is 0 Å². The molecule has 0 heterocycles. The van der Waals surface area contributed by atoms with Gasteiger partial charge < -0.3 is 0 Å². The Morgan fingerprint density at radius 1 is 1.00 bits per heavy atom. The molecule has 0 aromatic heterocycles. The smallest absolute Gasteiger partial charge is 0 e. The van der Waals surface area contributed by atoms with E-state index in [-0.39, 0.29) is 126 Å². The molecule has 0 rings (SSSR count). The van der Waals surface area contributed by atoms with Crippen molar-refractivity contribution >= 4 is 27.3 Å². The average Bonchev–Trinajstić information content (AvgIpc) is 0. The fraction of sp³-hybridized carbons (Fsp3) is 0. The largest absolute Gasteiger partial charge is 0 e. The first kappa shape index (κ1) is 50.1. The summed E-state index contributed by atoms with van der Waals surface area (Å²) >= 11 is 0. The van der Waals surface area contributed by atoms with Gasteiger partial charge in [0.05, 0.1) is 0 Å². The van der Waals surface area contributed by atoms with Gasteiger partial charge in [0.1, 0.15) is 0 Å². The van der Waals surface area contributed by atoms with Crippen molar-refractivity contribution in [1.29, 1.82) is 0 Å². The third-order valence-electron chi connectivity index (χ3n) is 0. The van der Waals surface area contributed by atoms with Gasteiger partial charge in [-0.2, -0.15) is 0 Å². The Morgan fingerprint density at radius 2 is 1.00 bits per heavy atom. The predicted molar refractivity (Wildman–Crippen MR) is 8.54 cm³/mol. The van der Waals surface area contributed by atoms with E-state index < -0.39 is 0 Å². The Hall–Kier alpha value is 4.06. The minimum absolute atomic E-state index is 0. The molecule has 0 fully saturated rings. The van der Waals surface area contributed by atoms with Gasteiger partial charge in [0, 0.05) is 98.4 Å². The van der Waals surface area contributed by atoms with Gasteiger partial charge in [-0.3, -0.25) is 0 Å². The molecule has 0 atom stereocenters. The first-order valence-electron chi connectivity index (χ1n) is 0. The Kier molecular flexibility index (Phi) is 298. The van der Waals surface area contributed by atoms with Crippen molar-refractivity contribution in [3.05, 3.63) is 0 Å². The zero-order chi connectivity index (χ0) is 0. The molecule has 49 valence electrons. The molecule has 0 amide bonds. The van der Waals surface area contributed by atoms with Crippen LogP contribution in [0.2, 0.25) is 0 Å². The first-order chi connectivity index (χ1) is 0. The maximum atomic E-state index is 0. The van der Waals surface area contributed by atoms with Crippen LogP contribution in [0.15, 0.2) is 0 Å². The number of hydrogen-bond acceptors (Lipinski definition) is 0. The van der Waals surface area contributed by atoms with Crippen molar-refractivity contribution in [2.75, 3.05) is 0 Å². The fourth-order valence-corrected chi connectivity index (χ4v) is 0. The second-order valence-corrected chi connectivity index (χ2v) is 0. The van der Waals surface area contributed by atoms with Gasteiger partial charge in [0.25, 0.3) is 0 Å². The van der Waals surface area contributed by atoms with Gasteiger partial charge in [-0.25, -0.2) is 0 Å². The van der Waals surface area contributed by atoms with Crippen LogP contribution in [-0.2, 0) is 98.4 Å². The molecule has 0 unspecified atom stereocenters. The van der Waals surface area contributed by atoms with Crippen LogP contribution < -0.4 is 0 Å². The van der Waals surface area contributed by atoms with Crippen LogP contribution in [0.5, 0.6) is 0 Å². The molecule has 0 saturated heterocycles. The molecule has 0 nitrogen and oxygen atoms in total. The molecule has 5 radical (unpaired) electrons. The van der Waals surface area contributed by atoms with Crippen LogP contribution in [-0.4, -0.2) is 27.3 Å². The van der Waals surface area contributed by atoms with Crippen molar-refractivity contribution in [1.82, 2.24) is 0 Å². The van der Waals surface area contributed by atoms with Gasteiger partial charge in [0.15, 0.2) is 0 Å². The van der Waals surface area contributed by atoms with Gasteiger partial charge in [-0.15, -0.1) is 0 Å². The summed E-state index contributed by atoms with van der Waals surface area (Å²) in [7, 11) is 0. The fourth-order valence-electron chi connectivity index (χ4n) is 0. The van der Waals surface area contributed by atoms with Gasteiger partial charge >= 0.3 is 27.3 Å². The Bertz CT molecular complexity index is 15.5. The number of hydrogen-bond donors (Lipinski definition) is 0. The molecule has 0 bridgehead atoms. The molecule has 0 aliphatic rings. The summed E-state index contributed by atoms with van der Waals surface area (Å²) in [6.07, 6.45) is 0. The van der Waals surface area contributed by atoms with E-state index in [4.69, 9.17) is 0 Å². The van der Waals surface area contributed by atoms with E-state index in [0.29, 0.717) is 0 Å². The molecule has 0 saturated carbocycles. The summed E-state index contributed by atoms with van der Waals surface area (Å²) in [5.41, 5.74) is 0. The molecular formula is H2AgAuCuFePbZn. The third kappa shape index (κ3) is 24.4. The van der Waals surface area contributed by atoms with Crippen LogP contribution in [0, 0.1) is 0 Å². The molecular weight excluding hydrogens is 697 g/mol.